The van der Waals surface area contributed by atoms with Gasteiger partial charge in [-0.3, -0.25) is 0 Å². The highest BCUT2D eigenvalue weighted by atomic mass is 16.3. The van der Waals surface area contributed by atoms with E-state index in [2.05, 4.69) is 91.0 Å². The fourth-order valence-electron chi connectivity index (χ4n) is 7.02. The zero-order valence-electron chi connectivity index (χ0n) is 26.7. The van der Waals surface area contributed by atoms with E-state index in [4.69, 9.17) is 23.8 Å². The smallest absolute Gasteiger partial charge is 0.167 e. The standard InChI is InChI=1S/C45H27N3O2/c1-2-12-28(13-3-1)29-24-26-30(27-25-29)31-14-4-5-16-34(31)43-46-44(36-19-11-23-40-41(36)35-17-7-9-22-39(35)49-40)48-45(47-43)37-20-10-18-33-32-15-6-8-21-38(32)50-42(33)37/h1-27H. The predicted molar refractivity (Wildman–Crippen MR) is 202 cm³/mol. The van der Waals surface area contributed by atoms with Crippen molar-refractivity contribution in [1.29, 1.82) is 0 Å². The lowest BCUT2D eigenvalue weighted by Crippen LogP contribution is -2.01. The Bertz CT molecular complexity index is 2870. The van der Waals surface area contributed by atoms with Gasteiger partial charge in [-0.15, -0.1) is 0 Å². The molecule has 0 saturated carbocycles. The second-order valence-corrected chi connectivity index (χ2v) is 12.4. The molecular weight excluding hydrogens is 615 g/mol. The van der Waals surface area contributed by atoms with Gasteiger partial charge in [-0.05, 0) is 46.5 Å². The molecule has 0 radical (unpaired) electrons. The number of hydrogen-bond donors (Lipinski definition) is 0. The summed E-state index contributed by atoms with van der Waals surface area (Å²) in [5, 5.41) is 4.05. The van der Waals surface area contributed by atoms with Crippen LogP contribution in [0.2, 0.25) is 0 Å². The van der Waals surface area contributed by atoms with Crippen LogP contribution in [-0.4, -0.2) is 15.0 Å². The van der Waals surface area contributed by atoms with Gasteiger partial charge in [-0.25, -0.2) is 15.0 Å². The van der Waals surface area contributed by atoms with Crippen LogP contribution in [-0.2, 0) is 0 Å². The summed E-state index contributed by atoms with van der Waals surface area (Å²) in [6, 6.07) is 55.7. The summed E-state index contributed by atoms with van der Waals surface area (Å²) in [5.41, 5.74) is 10.2. The molecule has 0 aliphatic heterocycles. The number of benzene rings is 7. The molecule has 10 rings (SSSR count). The lowest BCUT2D eigenvalue weighted by Gasteiger charge is -2.13. The summed E-state index contributed by atoms with van der Waals surface area (Å²) in [5.74, 6) is 1.67. The van der Waals surface area contributed by atoms with Gasteiger partial charge in [-0.2, -0.15) is 0 Å². The summed E-state index contributed by atoms with van der Waals surface area (Å²) in [4.78, 5) is 15.6. The number of hydrogen-bond acceptors (Lipinski definition) is 5. The highest BCUT2D eigenvalue weighted by molar-refractivity contribution is 6.12. The average molecular weight is 642 g/mol. The minimum atomic E-state index is 0.536. The van der Waals surface area contributed by atoms with Gasteiger partial charge in [0, 0.05) is 32.7 Å². The Morgan fingerprint density at radius 1 is 0.300 bits per heavy atom. The van der Waals surface area contributed by atoms with Crippen molar-refractivity contribution in [2.45, 2.75) is 0 Å². The topological polar surface area (TPSA) is 65.0 Å². The second kappa shape index (κ2) is 11.4. The minimum absolute atomic E-state index is 0.536. The van der Waals surface area contributed by atoms with Gasteiger partial charge in [0.15, 0.2) is 17.5 Å². The first kappa shape index (κ1) is 28.2. The summed E-state index contributed by atoms with van der Waals surface area (Å²) in [7, 11) is 0. The van der Waals surface area contributed by atoms with Crippen LogP contribution in [0, 0.1) is 0 Å². The van der Waals surface area contributed by atoms with E-state index < -0.39 is 0 Å². The molecular formula is C45H27N3O2. The van der Waals surface area contributed by atoms with Gasteiger partial charge in [0.25, 0.3) is 0 Å². The van der Waals surface area contributed by atoms with E-state index >= 15 is 0 Å². The second-order valence-electron chi connectivity index (χ2n) is 12.4. The molecule has 0 atom stereocenters. The molecule has 0 amide bonds. The monoisotopic (exact) mass is 641 g/mol. The van der Waals surface area contributed by atoms with Crippen LogP contribution in [0.5, 0.6) is 0 Å². The number of rotatable bonds is 5. The minimum Gasteiger partial charge on any atom is -0.456 e. The van der Waals surface area contributed by atoms with E-state index in [1.165, 1.54) is 5.56 Å². The lowest BCUT2D eigenvalue weighted by atomic mass is 9.96. The Kier molecular flexibility index (Phi) is 6.42. The zero-order chi connectivity index (χ0) is 33.0. The van der Waals surface area contributed by atoms with Gasteiger partial charge in [0.2, 0.25) is 0 Å². The molecule has 0 fully saturated rings. The molecule has 0 N–H and O–H groups in total. The molecule has 0 aliphatic rings. The fraction of sp³-hybridized carbons (Fsp3) is 0. The maximum absolute atomic E-state index is 6.47. The van der Waals surface area contributed by atoms with Crippen molar-refractivity contribution in [3.63, 3.8) is 0 Å². The maximum Gasteiger partial charge on any atom is 0.167 e. The summed E-state index contributed by atoms with van der Waals surface area (Å²) in [6.45, 7) is 0. The van der Waals surface area contributed by atoms with Crippen LogP contribution >= 0.6 is 0 Å². The predicted octanol–water partition coefficient (Wildman–Crippen LogP) is 12.0. The molecule has 0 aliphatic carbocycles. The number of nitrogens with zero attached hydrogens (tertiary/aromatic N) is 3. The fourth-order valence-corrected chi connectivity index (χ4v) is 7.02. The van der Waals surface area contributed by atoms with E-state index in [1.54, 1.807) is 0 Å². The lowest BCUT2D eigenvalue weighted by molar-refractivity contribution is 0.668. The van der Waals surface area contributed by atoms with E-state index in [1.807, 2.05) is 72.8 Å². The molecule has 234 valence electrons. The molecule has 3 aromatic heterocycles. The molecule has 7 aromatic carbocycles. The van der Waals surface area contributed by atoms with E-state index in [0.29, 0.717) is 17.5 Å². The number of fused-ring (bicyclic) bond motifs is 6. The van der Waals surface area contributed by atoms with Crippen molar-refractivity contribution >= 4 is 43.9 Å². The first-order valence-corrected chi connectivity index (χ1v) is 16.6. The molecule has 3 heterocycles. The van der Waals surface area contributed by atoms with Crippen molar-refractivity contribution in [2.75, 3.05) is 0 Å². The largest absolute Gasteiger partial charge is 0.456 e. The molecule has 50 heavy (non-hydrogen) atoms. The van der Waals surface area contributed by atoms with Crippen LogP contribution in [0.25, 0.3) is 100 Å². The first-order chi connectivity index (χ1) is 24.8. The van der Waals surface area contributed by atoms with Gasteiger partial charge in [-0.1, -0.05) is 140 Å². The van der Waals surface area contributed by atoms with E-state index in [-0.39, 0.29) is 0 Å². The van der Waals surface area contributed by atoms with Crippen molar-refractivity contribution in [1.82, 2.24) is 15.0 Å². The highest BCUT2D eigenvalue weighted by Crippen LogP contribution is 2.40. The Balaban J connectivity index is 1.21. The third-order valence-corrected chi connectivity index (χ3v) is 9.40. The Hall–Kier alpha value is -6.85. The SMILES string of the molecule is c1ccc(-c2ccc(-c3ccccc3-c3nc(-c4cccc5c4oc4ccccc45)nc(-c4cccc5oc6ccccc6c45)n3)cc2)cc1. The van der Waals surface area contributed by atoms with Crippen LogP contribution in [0.3, 0.4) is 0 Å². The third-order valence-electron chi connectivity index (χ3n) is 9.40. The molecule has 0 bridgehead atoms. The van der Waals surface area contributed by atoms with Gasteiger partial charge >= 0.3 is 0 Å². The third kappa shape index (κ3) is 4.60. The van der Waals surface area contributed by atoms with E-state index in [9.17, 15) is 0 Å². The highest BCUT2D eigenvalue weighted by Gasteiger charge is 2.21. The Morgan fingerprint density at radius 2 is 0.800 bits per heavy atom. The number of furan rings is 2. The van der Waals surface area contributed by atoms with Gasteiger partial charge in [0.1, 0.15) is 22.3 Å². The molecule has 5 nitrogen and oxygen atoms in total. The van der Waals surface area contributed by atoms with Crippen LogP contribution in [0.4, 0.5) is 0 Å². The maximum atomic E-state index is 6.47. The molecule has 0 saturated heterocycles. The summed E-state index contributed by atoms with van der Waals surface area (Å²) < 4.78 is 12.7. The van der Waals surface area contributed by atoms with E-state index in [0.717, 1.165) is 77.3 Å². The van der Waals surface area contributed by atoms with Gasteiger partial charge in [0.05, 0.1) is 5.56 Å². The quantitative estimate of drug-likeness (QED) is 0.187. The molecule has 5 heteroatoms. The zero-order valence-corrected chi connectivity index (χ0v) is 26.7. The molecule has 0 unspecified atom stereocenters. The first-order valence-electron chi connectivity index (χ1n) is 16.6. The van der Waals surface area contributed by atoms with Crippen LogP contribution in [0.15, 0.2) is 173 Å². The normalized spacial score (nSPS) is 11.6. The van der Waals surface area contributed by atoms with Crippen molar-refractivity contribution < 1.29 is 8.83 Å². The summed E-state index contributed by atoms with van der Waals surface area (Å²) in [6.07, 6.45) is 0. The van der Waals surface area contributed by atoms with Crippen molar-refractivity contribution in [3.8, 4) is 56.4 Å². The number of aromatic nitrogens is 3. The molecule has 0 spiro atoms. The van der Waals surface area contributed by atoms with Crippen LogP contribution < -0.4 is 0 Å². The van der Waals surface area contributed by atoms with Crippen molar-refractivity contribution in [3.05, 3.63) is 164 Å². The Morgan fingerprint density at radius 3 is 1.60 bits per heavy atom. The molecule has 10 aromatic rings. The van der Waals surface area contributed by atoms with Gasteiger partial charge < -0.3 is 8.83 Å². The summed E-state index contributed by atoms with van der Waals surface area (Å²) >= 11 is 0. The Labute approximate surface area is 287 Å². The van der Waals surface area contributed by atoms with Crippen molar-refractivity contribution in [2.24, 2.45) is 0 Å². The average Bonchev–Trinajstić information content (AvgIpc) is 3.77. The number of para-hydroxylation sites is 3. The van der Waals surface area contributed by atoms with Crippen LogP contribution in [0.1, 0.15) is 0 Å².